The van der Waals surface area contributed by atoms with E-state index in [0.717, 1.165) is 10.9 Å². The average molecular weight is 382 g/mol. The van der Waals surface area contributed by atoms with E-state index in [1.54, 1.807) is 6.20 Å². The molecule has 0 saturated carbocycles. The van der Waals surface area contributed by atoms with Crippen molar-refractivity contribution in [3.63, 3.8) is 0 Å². The summed E-state index contributed by atoms with van der Waals surface area (Å²) in [7, 11) is 0. The molecule has 108 valence electrons. The first-order chi connectivity index (χ1) is 9.20. The summed E-state index contributed by atoms with van der Waals surface area (Å²) in [5.74, 6) is 0. The van der Waals surface area contributed by atoms with E-state index in [-0.39, 0.29) is 0 Å². The van der Waals surface area contributed by atoms with Crippen molar-refractivity contribution >= 4 is 36.8 Å². The SMILES string of the molecule is CC(C)(C)OC(=O)n1ncc2ccccc21.[CH3][Sn+]([CH3])[CH3]. The van der Waals surface area contributed by atoms with Crippen LogP contribution < -0.4 is 0 Å². The number of hydrogen-bond donors (Lipinski definition) is 0. The van der Waals surface area contributed by atoms with Crippen LogP contribution in [0.25, 0.3) is 10.9 Å². The molecule has 0 aliphatic rings. The van der Waals surface area contributed by atoms with Gasteiger partial charge in [0.15, 0.2) is 0 Å². The summed E-state index contributed by atoms with van der Waals surface area (Å²) in [6.07, 6.45) is 1.20. The topological polar surface area (TPSA) is 44.1 Å². The van der Waals surface area contributed by atoms with Crippen LogP contribution in [0.3, 0.4) is 0 Å². The van der Waals surface area contributed by atoms with E-state index in [0.29, 0.717) is 0 Å². The third-order valence-electron chi connectivity index (χ3n) is 2.04. The number of para-hydroxylation sites is 1. The van der Waals surface area contributed by atoms with Crippen molar-refractivity contribution < 1.29 is 9.53 Å². The molecule has 0 saturated heterocycles. The Labute approximate surface area is 127 Å². The van der Waals surface area contributed by atoms with Crippen LogP contribution in [0.4, 0.5) is 4.79 Å². The first-order valence-corrected chi connectivity index (χ1v) is 15.2. The van der Waals surface area contributed by atoms with E-state index in [2.05, 4.69) is 19.9 Å². The summed E-state index contributed by atoms with van der Waals surface area (Å²) in [6.45, 7) is 5.49. The van der Waals surface area contributed by atoms with Crippen molar-refractivity contribution in [3.05, 3.63) is 30.5 Å². The van der Waals surface area contributed by atoms with Crippen LogP contribution in [0.1, 0.15) is 20.8 Å². The molecular formula is C15H23N2O2Sn+. The van der Waals surface area contributed by atoms with Gasteiger partial charge in [-0.3, -0.25) is 0 Å². The first-order valence-electron chi connectivity index (χ1n) is 6.63. The number of nitrogens with zero attached hydrogens (tertiary/aromatic N) is 2. The van der Waals surface area contributed by atoms with E-state index in [9.17, 15) is 4.79 Å². The van der Waals surface area contributed by atoms with Crippen LogP contribution in [-0.2, 0) is 4.74 Å². The van der Waals surface area contributed by atoms with Gasteiger partial charge < -0.3 is 4.74 Å². The van der Waals surface area contributed by atoms with E-state index in [1.165, 1.54) is 4.68 Å². The molecule has 0 bridgehead atoms. The van der Waals surface area contributed by atoms with Gasteiger partial charge in [0.1, 0.15) is 5.60 Å². The third kappa shape index (κ3) is 5.53. The fourth-order valence-corrected chi connectivity index (χ4v) is 1.42. The molecular weight excluding hydrogens is 359 g/mol. The summed E-state index contributed by atoms with van der Waals surface area (Å²) >= 11 is -0.543. The van der Waals surface area contributed by atoms with Crippen LogP contribution >= 0.6 is 0 Å². The number of rotatable bonds is 0. The molecule has 0 unspecified atom stereocenters. The molecule has 20 heavy (non-hydrogen) atoms. The maximum absolute atomic E-state index is 11.8. The molecule has 5 heteroatoms. The minimum atomic E-state index is -0.543. The van der Waals surface area contributed by atoms with Crippen molar-refractivity contribution in [2.45, 2.75) is 41.2 Å². The van der Waals surface area contributed by atoms with Crippen molar-refractivity contribution in [3.8, 4) is 0 Å². The van der Waals surface area contributed by atoms with Gasteiger partial charge in [-0.2, -0.15) is 9.78 Å². The summed E-state index contributed by atoms with van der Waals surface area (Å²) < 4.78 is 6.53. The second kappa shape index (κ2) is 7.11. The molecule has 0 aliphatic carbocycles. The molecule has 2 rings (SSSR count). The van der Waals surface area contributed by atoms with Gasteiger partial charge in [-0.05, 0) is 26.8 Å². The molecule has 0 radical (unpaired) electrons. The Morgan fingerprint density at radius 3 is 2.30 bits per heavy atom. The molecule has 0 N–H and O–H groups in total. The van der Waals surface area contributed by atoms with Crippen LogP contribution in [0.15, 0.2) is 30.5 Å². The molecule has 0 aliphatic heterocycles. The second-order valence-corrected chi connectivity index (χ2v) is 14.7. The number of aromatic nitrogens is 2. The summed E-state index contributed by atoms with van der Waals surface area (Å²) in [4.78, 5) is 18.9. The minimum absolute atomic E-state index is 0.450. The van der Waals surface area contributed by atoms with Crippen LogP contribution in [-0.4, -0.2) is 41.2 Å². The molecule has 0 spiro atoms. The van der Waals surface area contributed by atoms with Gasteiger partial charge in [-0.15, -0.1) is 0 Å². The summed E-state index contributed by atoms with van der Waals surface area (Å²) in [5.41, 5.74) is 0.251. The van der Waals surface area contributed by atoms with Gasteiger partial charge in [-0.25, -0.2) is 4.79 Å². The predicted molar refractivity (Wildman–Crippen MR) is 84.7 cm³/mol. The molecule has 4 nitrogen and oxygen atoms in total. The fourth-order valence-electron chi connectivity index (χ4n) is 1.42. The van der Waals surface area contributed by atoms with E-state index in [1.807, 2.05) is 45.0 Å². The maximum atomic E-state index is 11.8. The van der Waals surface area contributed by atoms with Gasteiger partial charge in [0.2, 0.25) is 0 Å². The molecule has 0 amide bonds. The van der Waals surface area contributed by atoms with Gasteiger partial charge in [0.25, 0.3) is 0 Å². The monoisotopic (exact) mass is 383 g/mol. The third-order valence-corrected chi connectivity index (χ3v) is 2.04. The van der Waals surface area contributed by atoms with Crippen LogP contribution in [0.5, 0.6) is 0 Å². The number of fused-ring (bicyclic) bond motifs is 1. The molecule has 2 aromatic rings. The van der Waals surface area contributed by atoms with Gasteiger partial charge in [0.05, 0.1) is 11.7 Å². The number of benzene rings is 1. The molecule has 0 atom stereocenters. The Morgan fingerprint density at radius 1 is 1.20 bits per heavy atom. The predicted octanol–water partition coefficient (Wildman–Crippen LogP) is 4.19. The van der Waals surface area contributed by atoms with Gasteiger partial charge in [-0.1, -0.05) is 18.2 Å². The number of carbonyl (C=O) groups is 1. The Hall–Kier alpha value is -1.04. The summed E-state index contributed by atoms with van der Waals surface area (Å²) in [6, 6.07) is 7.52. The normalized spacial score (nSPS) is 10.7. The summed E-state index contributed by atoms with van der Waals surface area (Å²) in [5, 5.41) is 4.95. The van der Waals surface area contributed by atoms with Crippen molar-refractivity contribution in [1.82, 2.24) is 9.78 Å². The van der Waals surface area contributed by atoms with Gasteiger partial charge in [0, 0.05) is 5.39 Å². The number of hydrogen-bond acceptors (Lipinski definition) is 3. The zero-order valence-electron chi connectivity index (χ0n) is 13.1. The Balaban J connectivity index is 0.000000444. The Morgan fingerprint density at radius 2 is 1.75 bits per heavy atom. The zero-order valence-corrected chi connectivity index (χ0v) is 16.0. The molecule has 1 heterocycles. The molecule has 0 fully saturated rings. The first kappa shape index (κ1) is 17.0. The number of ether oxygens (including phenoxy) is 1. The van der Waals surface area contributed by atoms with Crippen LogP contribution in [0.2, 0.25) is 14.8 Å². The zero-order chi connectivity index (χ0) is 15.3. The van der Waals surface area contributed by atoms with Crippen molar-refractivity contribution in [2.24, 2.45) is 0 Å². The Bertz CT molecular complexity index is 568. The van der Waals surface area contributed by atoms with Gasteiger partial charge >= 0.3 is 40.7 Å². The second-order valence-electron chi connectivity index (χ2n) is 6.10. The van der Waals surface area contributed by atoms with Crippen LogP contribution in [0, 0.1) is 0 Å². The van der Waals surface area contributed by atoms with Crippen molar-refractivity contribution in [2.75, 3.05) is 0 Å². The standard InChI is InChI=1S/C12H14N2O2.3CH3.Sn/c1-12(2,3)16-11(15)14-10-7-5-4-6-9(10)8-13-14;;;;/h4-8H,1-3H3;3*1H3;/q;;;;+1. The molecule has 1 aromatic heterocycles. The number of carbonyl (C=O) groups excluding carboxylic acids is 1. The van der Waals surface area contributed by atoms with E-state index in [4.69, 9.17) is 4.74 Å². The van der Waals surface area contributed by atoms with E-state index >= 15 is 0 Å². The Kier molecular flexibility index (Phi) is 6.04. The van der Waals surface area contributed by atoms with E-state index < -0.39 is 31.5 Å². The quantitative estimate of drug-likeness (QED) is 0.642. The molecule has 1 aromatic carbocycles. The average Bonchev–Trinajstić information content (AvgIpc) is 2.69. The van der Waals surface area contributed by atoms with Crippen molar-refractivity contribution in [1.29, 1.82) is 0 Å². The fraction of sp³-hybridized carbons (Fsp3) is 0.467.